The molecule has 1 amide bonds. The highest BCUT2D eigenvalue weighted by Crippen LogP contribution is 2.39. The molecule has 104 valence electrons. The predicted molar refractivity (Wildman–Crippen MR) is 69.0 cm³/mol. The van der Waals surface area contributed by atoms with E-state index in [0.29, 0.717) is 0 Å². The van der Waals surface area contributed by atoms with E-state index < -0.39 is 16.9 Å². The highest BCUT2D eigenvalue weighted by atomic mass is 16.4. The van der Waals surface area contributed by atoms with Crippen molar-refractivity contribution in [1.29, 1.82) is 0 Å². The second-order valence-electron chi connectivity index (χ2n) is 6.37. The Morgan fingerprint density at radius 2 is 2.00 bits per heavy atom. The second kappa shape index (κ2) is 4.88. The highest BCUT2D eigenvalue weighted by Gasteiger charge is 2.47. The molecule has 0 heterocycles. The molecule has 0 saturated heterocycles. The minimum Gasteiger partial charge on any atom is -0.480 e. The fourth-order valence-corrected chi connectivity index (χ4v) is 2.52. The number of hydrogen-bond donors (Lipinski definition) is 2. The van der Waals surface area contributed by atoms with Gasteiger partial charge in [-0.05, 0) is 40.5 Å². The monoisotopic (exact) mass is 256 g/mol. The molecule has 5 heteroatoms. The van der Waals surface area contributed by atoms with Gasteiger partial charge in [0, 0.05) is 11.6 Å². The van der Waals surface area contributed by atoms with E-state index in [-0.39, 0.29) is 18.5 Å². The standard InChI is InChI=1S/C13H24N2O3/c1-12(2,3)15(8-10(16)17)11(18)13(4)7-5-6-9(13)14/h9H,5-8,14H2,1-4H3,(H,16,17). The number of aliphatic carboxylic acids is 1. The van der Waals surface area contributed by atoms with Gasteiger partial charge in [0.25, 0.3) is 0 Å². The summed E-state index contributed by atoms with van der Waals surface area (Å²) in [5.41, 5.74) is 4.90. The Morgan fingerprint density at radius 3 is 2.33 bits per heavy atom. The van der Waals surface area contributed by atoms with Crippen LogP contribution in [0.4, 0.5) is 0 Å². The molecule has 0 aliphatic heterocycles. The van der Waals surface area contributed by atoms with Crippen LogP contribution in [0.25, 0.3) is 0 Å². The van der Waals surface area contributed by atoms with Crippen LogP contribution >= 0.6 is 0 Å². The third kappa shape index (κ3) is 2.83. The molecule has 2 unspecified atom stereocenters. The number of carbonyl (C=O) groups is 2. The fourth-order valence-electron chi connectivity index (χ4n) is 2.52. The summed E-state index contributed by atoms with van der Waals surface area (Å²) < 4.78 is 0. The summed E-state index contributed by atoms with van der Waals surface area (Å²) >= 11 is 0. The van der Waals surface area contributed by atoms with Crippen LogP contribution in [0.5, 0.6) is 0 Å². The molecule has 18 heavy (non-hydrogen) atoms. The van der Waals surface area contributed by atoms with E-state index in [1.807, 2.05) is 27.7 Å². The largest absolute Gasteiger partial charge is 0.480 e. The van der Waals surface area contributed by atoms with Crippen molar-refractivity contribution in [3.05, 3.63) is 0 Å². The molecule has 0 aromatic carbocycles. The van der Waals surface area contributed by atoms with E-state index in [2.05, 4.69) is 0 Å². The number of nitrogens with zero attached hydrogens (tertiary/aromatic N) is 1. The summed E-state index contributed by atoms with van der Waals surface area (Å²) in [6, 6.07) is -0.177. The molecular weight excluding hydrogens is 232 g/mol. The van der Waals surface area contributed by atoms with Crippen molar-refractivity contribution in [2.75, 3.05) is 6.54 Å². The van der Waals surface area contributed by atoms with Gasteiger partial charge in [-0.2, -0.15) is 0 Å². The molecule has 3 N–H and O–H groups in total. The molecule has 0 aromatic heterocycles. The van der Waals surface area contributed by atoms with E-state index in [0.717, 1.165) is 19.3 Å². The Balaban J connectivity index is 2.99. The third-order valence-corrected chi connectivity index (χ3v) is 3.87. The Hall–Kier alpha value is -1.10. The number of rotatable bonds is 3. The van der Waals surface area contributed by atoms with Crippen molar-refractivity contribution < 1.29 is 14.7 Å². The summed E-state index contributed by atoms with van der Waals surface area (Å²) in [7, 11) is 0. The van der Waals surface area contributed by atoms with Gasteiger partial charge >= 0.3 is 5.97 Å². The lowest BCUT2D eigenvalue weighted by Gasteiger charge is -2.41. The second-order valence-corrected chi connectivity index (χ2v) is 6.37. The first-order chi connectivity index (χ1) is 8.09. The summed E-state index contributed by atoms with van der Waals surface area (Å²) in [5.74, 6) is -1.13. The third-order valence-electron chi connectivity index (χ3n) is 3.87. The predicted octanol–water partition coefficient (Wildman–Crippen LogP) is 1.22. The molecule has 1 aliphatic rings. The SMILES string of the molecule is CC1(C(=O)N(CC(=O)O)C(C)(C)C)CCCC1N. The molecule has 0 aromatic rings. The Kier molecular flexibility index (Phi) is 4.05. The van der Waals surface area contributed by atoms with Crippen molar-refractivity contribution in [3.63, 3.8) is 0 Å². The number of nitrogens with two attached hydrogens (primary N) is 1. The fraction of sp³-hybridized carbons (Fsp3) is 0.846. The first kappa shape index (κ1) is 15.0. The van der Waals surface area contributed by atoms with Gasteiger partial charge in [0.1, 0.15) is 6.54 Å². The van der Waals surface area contributed by atoms with Crippen molar-refractivity contribution in [2.45, 2.75) is 58.5 Å². The normalized spacial score (nSPS) is 28.2. The molecule has 1 fully saturated rings. The summed E-state index contributed by atoms with van der Waals surface area (Å²) in [5, 5.41) is 8.96. The van der Waals surface area contributed by atoms with Gasteiger partial charge in [-0.25, -0.2) is 0 Å². The molecule has 1 saturated carbocycles. The first-order valence-corrected chi connectivity index (χ1v) is 6.38. The van der Waals surface area contributed by atoms with Crippen molar-refractivity contribution in [3.8, 4) is 0 Å². The first-order valence-electron chi connectivity index (χ1n) is 6.38. The summed E-state index contributed by atoms with van der Waals surface area (Å²) in [4.78, 5) is 25.0. The summed E-state index contributed by atoms with van der Waals surface area (Å²) in [6.45, 7) is 7.12. The number of hydrogen-bond acceptors (Lipinski definition) is 3. The molecular formula is C13H24N2O3. The lowest BCUT2D eigenvalue weighted by Crippen LogP contribution is -2.56. The molecule has 5 nitrogen and oxygen atoms in total. The maximum Gasteiger partial charge on any atom is 0.323 e. The Morgan fingerprint density at radius 1 is 1.44 bits per heavy atom. The van der Waals surface area contributed by atoms with Gasteiger partial charge in [0.05, 0.1) is 5.41 Å². The average molecular weight is 256 g/mol. The van der Waals surface area contributed by atoms with E-state index >= 15 is 0 Å². The average Bonchev–Trinajstić information content (AvgIpc) is 2.54. The minimum atomic E-state index is -0.992. The zero-order valence-corrected chi connectivity index (χ0v) is 11.7. The van der Waals surface area contributed by atoms with Crippen LogP contribution in [0.2, 0.25) is 0 Å². The Bertz CT molecular complexity index is 349. The molecule has 1 aliphatic carbocycles. The van der Waals surface area contributed by atoms with Crippen LogP contribution in [-0.2, 0) is 9.59 Å². The zero-order chi connectivity index (χ0) is 14.1. The molecule has 2 atom stereocenters. The van der Waals surface area contributed by atoms with E-state index in [9.17, 15) is 9.59 Å². The maximum absolute atomic E-state index is 12.6. The maximum atomic E-state index is 12.6. The lowest BCUT2D eigenvalue weighted by molar-refractivity contribution is -0.154. The van der Waals surface area contributed by atoms with Crippen LogP contribution in [0.3, 0.4) is 0 Å². The van der Waals surface area contributed by atoms with Gasteiger partial charge in [-0.1, -0.05) is 6.42 Å². The summed E-state index contributed by atoms with van der Waals surface area (Å²) in [6.07, 6.45) is 2.49. The van der Waals surface area contributed by atoms with Gasteiger partial charge in [0.2, 0.25) is 5.91 Å². The van der Waals surface area contributed by atoms with Crippen LogP contribution in [0, 0.1) is 5.41 Å². The topological polar surface area (TPSA) is 83.6 Å². The van der Waals surface area contributed by atoms with Gasteiger partial charge in [0.15, 0.2) is 0 Å². The van der Waals surface area contributed by atoms with Crippen LogP contribution in [0.1, 0.15) is 47.0 Å². The number of carboxylic acid groups (broad SMARTS) is 1. The number of carboxylic acids is 1. The Labute approximate surface area is 108 Å². The van der Waals surface area contributed by atoms with Crippen LogP contribution in [0.15, 0.2) is 0 Å². The zero-order valence-electron chi connectivity index (χ0n) is 11.7. The highest BCUT2D eigenvalue weighted by molar-refractivity contribution is 5.87. The van der Waals surface area contributed by atoms with Crippen LogP contribution in [-0.4, -0.2) is 40.0 Å². The smallest absolute Gasteiger partial charge is 0.323 e. The van der Waals surface area contributed by atoms with Crippen LogP contribution < -0.4 is 5.73 Å². The van der Waals surface area contributed by atoms with E-state index in [4.69, 9.17) is 10.8 Å². The number of carbonyl (C=O) groups excluding carboxylic acids is 1. The van der Waals surface area contributed by atoms with Crippen molar-refractivity contribution >= 4 is 11.9 Å². The molecule has 0 bridgehead atoms. The lowest BCUT2D eigenvalue weighted by atomic mass is 9.82. The molecule has 1 rings (SSSR count). The van der Waals surface area contributed by atoms with E-state index in [1.165, 1.54) is 4.90 Å². The van der Waals surface area contributed by atoms with E-state index in [1.54, 1.807) is 0 Å². The molecule has 0 spiro atoms. The molecule has 0 radical (unpaired) electrons. The van der Waals surface area contributed by atoms with Gasteiger partial charge in [-0.15, -0.1) is 0 Å². The number of amides is 1. The minimum absolute atomic E-state index is 0.137. The quantitative estimate of drug-likeness (QED) is 0.795. The van der Waals surface area contributed by atoms with Crippen molar-refractivity contribution in [1.82, 2.24) is 4.90 Å². The van der Waals surface area contributed by atoms with Gasteiger partial charge in [-0.3, -0.25) is 9.59 Å². The van der Waals surface area contributed by atoms with Gasteiger partial charge < -0.3 is 15.7 Å². The van der Waals surface area contributed by atoms with Crippen molar-refractivity contribution in [2.24, 2.45) is 11.1 Å².